The van der Waals surface area contributed by atoms with Gasteiger partial charge in [0.05, 0.1) is 6.10 Å². The highest BCUT2D eigenvalue weighted by Gasteiger charge is 2.22. The number of aryl methyl sites for hydroxylation is 2. The Kier molecular flexibility index (Phi) is 7.44. The van der Waals surface area contributed by atoms with Gasteiger partial charge in [0.1, 0.15) is 11.4 Å². The zero-order valence-electron chi connectivity index (χ0n) is 17.8. The molecule has 0 saturated carbocycles. The van der Waals surface area contributed by atoms with E-state index in [9.17, 15) is 9.59 Å². The van der Waals surface area contributed by atoms with E-state index < -0.39 is 0 Å². The molecule has 0 saturated heterocycles. The van der Waals surface area contributed by atoms with Crippen LogP contribution in [0, 0.1) is 6.92 Å². The van der Waals surface area contributed by atoms with Crippen LogP contribution in [0.1, 0.15) is 78.7 Å². The summed E-state index contributed by atoms with van der Waals surface area (Å²) in [7, 11) is 0. The second-order valence-electron chi connectivity index (χ2n) is 7.61. The Morgan fingerprint density at radius 2 is 1.79 bits per heavy atom. The van der Waals surface area contributed by atoms with Crippen molar-refractivity contribution in [2.45, 2.75) is 73.0 Å². The first-order valence-electron chi connectivity index (χ1n) is 10.0. The molecule has 1 unspecified atom stereocenters. The molecule has 0 aliphatic carbocycles. The van der Waals surface area contributed by atoms with E-state index in [2.05, 4.69) is 22.4 Å². The number of hydrogen-bond donors (Lipinski definition) is 2. The quantitative estimate of drug-likeness (QED) is 0.619. The summed E-state index contributed by atoms with van der Waals surface area (Å²) in [5, 5.41) is 3.05. The van der Waals surface area contributed by atoms with Crippen LogP contribution < -0.4 is 10.1 Å². The summed E-state index contributed by atoms with van der Waals surface area (Å²) < 4.78 is 5.66. The highest BCUT2D eigenvalue weighted by molar-refractivity contribution is 6.02. The van der Waals surface area contributed by atoms with Gasteiger partial charge in [-0.1, -0.05) is 19.1 Å². The molecule has 0 aliphatic rings. The second-order valence-corrected chi connectivity index (χ2v) is 7.61. The first-order chi connectivity index (χ1) is 13.2. The van der Waals surface area contributed by atoms with E-state index in [4.69, 9.17) is 4.74 Å². The van der Waals surface area contributed by atoms with Crippen LogP contribution >= 0.6 is 0 Å². The molecule has 2 rings (SSSR count). The van der Waals surface area contributed by atoms with E-state index in [0.717, 1.165) is 29.8 Å². The van der Waals surface area contributed by atoms with Gasteiger partial charge in [-0.2, -0.15) is 0 Å². The van der Waals surface area contributed by atoms with E-state index in [0.29, 0.717) is 17.7 Å². The first kappa shape index (κ1) is 21.7. The Labute approximate surface area is 167 Å². The maximum absolute atomic E-state index is 12.7. The van der Waals surface area contributed by atoms with Crippen LogP contribution in [0.5, 0.6) is 5.75 Å². The SMILES string of the molecule is CCc1c(C(=O)NC(C)CCc2ccc(OC(C)C)cc2)[nH]c(C)c1C(C)=O. The fraction of sp³-hybridized carbons (Fsp3) is 0.478. The van der Waals surface area contributed by atoms with Crippen LogP contribution in [-0.2, 0) is 12.8 Å². The van der Waals surface area contributed by atoms with Crippen LogP contribution in [0.4, 0.5) is 0 Å². The van der Waals surface area contributed by atoms with Crippen molar-refractivity contribution in [1.82, 2.24) is 10.3 Å². The van der Waals surface area contributed by atoms with Crippen molar-refractivity contribution in [2.75, 3.05) is 0 Å². The minimum atomic E-state index is -0.152. The maximum atomic E-state index is 12.7. The standard InChI is InChI=1S/C23H32N2O3/c1-7-20-21(17(6)26)16(5)25-22(20)23(27)24-15(4)8-9-18-10-12-19(13-11-18)28-14(2)3/h10-15,25H,7-9H2,1-6H3,(H,24,27). The molecule has 1 aromatic carbocycles. The molecule has 1 amide bonds. The van der Waals surface area contributed by atoms with Crippen LogP contribution in [0.25, 0.3) is 0 Å². The van der Waals surface area contributed by atoms with Crippen molar-refractivity contribution in [1.29, 1.82) is 0 Å². The molecule has 0 radical (unpaired) electrons. The molecular formula is C23H32N2O3. The molecule has 1 atom stereocenters. The number of aromatic amines is 1. The van der Waals surface area contributed by atoms with Crippen LogP contribution in [0.3, 0.4) is 0 Å². The molecule has 28 heavy (non-hydrogen) atoms. The van der Waals surface area contributed by atoms with Gasteiger partial charge in [-0.15, -0.1) is 0 Å². The number of amides is 1. The third-order valence-electron chi connectivity index (χ3n) is 4.76. The summed E-state index contributed by atoms with van der Waals surface area (Å²) in [6, 6.07) is 8.12. The molecule has 0 bridgehead atoms. The van der Waals surface area contributed by atoms with Crippen molar-refractivity contribution < 1.29 is 14.3 Å². The summed E-state index contributed by atoms with van der Waals surface area (Å²) in [5.74, 6) is 0.707. The normalized spacial score (nSPS) is 12.1. The predicted molar refractivity (Wildman–Crippen MR) is 112 cm³/mol. The molecule has 0 aliphatic heterocycles. The van der Waals surface area contributed by atoms with Gasteiger partial charge in [0, 0.05) is 17.3 Å². The number of H-pyrrole nitrogens is 1. The Balaban J connectivity index is 1.96. The minimum absolute atomic E-state index is 0.0115. The Hall–Kier alpha value is -2.56. The third kappa shape index (κ3) is 5.47. The topological polar surface area (TPSA) is 71.2 Å². The average Bonchev–Trinajstić information content (AvgIpc) is 2.97. The minimum Gasteiger partial charge on any atom is -0.491 e. The highest BCUT2D eigenvalue weighted by Crippen LogP contribution is 2.21. The predicted octanol–water partition coefficient (Wildman–Crippen LogP) is 4.63. The van der Waals surface area contributed by atoms with E-state index in [-0.39, 0.29) is 23.8 Å². The Bertz CT molecular complexity index is 819. The van der Waals surface area contributed by atoms with Crippen LogP contribution in [0.15, 0.2) is 24.3 Å². The number of nitrogens with one attached hydrogen (secondary N) is 2. The zero-order valence-corrected chi connectivity index (χ0v) is 17.8. The molecular weight excluding hydrogens is 352 g/mol. The molecule has 2 aromatic rings. The fourth-order valence-corrected chi connectivity index (χ4v) is 3.46. The summed E-state index contributed by atoms with van der Waals surface area (Å²) in [4.78, 5) is 27.7. The molecule has 0 spiro atoms. The lowest BCUT2D eigenvalue weighted by atomic mass is 10.0. The number of hydrogen-bond acceptors (Lipinski definition) is 3. The molecule has 1 aromatic heterocycles. The largest absolute Gasteiger partial charge is 0.491 e. The summed E-state index contributed by atoms with van der Waals surface area (Å²) in [5.41, 5.74) is 3.92. The lowest BCUT2D eigenvalue weighted by Gasteiger charge is -2.15. The number of rotatable bonds is 9. The summed E-state index contributed by atoms with van der Waals surface area (Å²) in [6.07, 6.45) is 2.50. The fourth-order valence-electron chi connectivity index (χ4n) is 3.46. The number of benzene rings is 1. The van der Waals surface area contributed by atoms with Gasteiger partial charge in [0.15, 0.2) is 5.78 Å². The molecule has 0 fully saturated rings. The Morgan fingerprint density at radius 1 is 1.14 bits per heavy atom. The summed E-state index contributed by atoms with van der Waals surface area (Å²) in [6.45, 7) is 11.4. The van der Waals surface area contributed by atoms with E-state index >= 15 is 0 Å². The van der Waals surface area contributed by atoms with Gasteiger partial charge in [0.2, 0.25) is 0 Å². The van der Waals surface area contributed by atoms with Crippen molar-refractivity contribution in [3.8, 4) is 5.75 Å². The van der Waals surface area contributed by atoms with Crippen molar-refractivity contribution >= 4 is 11.7 Å². The van der Waals surface area contributed by atoms with Gasteiger partial charge < -0.3 is 15.0 Å². The highest BCUT2D eigenvalue weighted by atomic mass is 16.5. The van der Waals surface area contributed by atoms with Gasteiger partial charge >= 0.3 is 0 Å². The van der Waals surface area contributed by atoms with Gasteiger partial charge in [-0.3, -0.25) is 9.59 Å². The van der Waals surface area contributed by atoms with Crippen LogP contribution in [0.2, 0.25) is 0 Å². The number of Topliss-reactive ketones (excluding diaryl/α,β-unsaturated/α-hetero) is 1. The van der Waals surface area contributed by atoms with Crippen molar-refractivity contribution in [3.05, 3.63) is 52.3 Å². The molecule has 5 heteroatoms. The number of ether oxygens (including phenoxy) is 1. The molecule has 2 N–H and O–H groups in total. The lowest BCUT2D eigenvalue weighted by Crippen LogP contribution is -2.33. The zero-order chi connectivity index (χ0) is 20.8. The number of ketones is 1. The number of carbonyl (C=O) groups excluding carboxylic acids is 2. The van der Waals surface area contributed by atoms with Crippen molar-refractivity contribution in [2.24, 2.45) is 0 Å². The third-order valence-corrected chi connectivity index (χ3v) is 4.76. The smallest absolute Gasteiger partial charge is 0.268 e. The molecule has 5 nitrogen and oxygen atoms in total. The lowest BCUT2D eigenvalue weighted by molar-refractivity contribution is 0.0932. The number of carbonyl (C=O) groups is 2. The Morgan fingerprint density at radius 3 is 2.32 bits per heavy atom. The van der Waals surface area contributed by atoms with Gasteiger partial charge in [0.25, 0.3) is 5.91 Å². The van der Waals surface area contributed by atoms with E-state index in [1.165, 1.54) is 12.5 Å². The monoisotopic (exact) mass is 384 g/mol. The van der Waals surface area contributed by atoms with Crippen molar-refractivity contribution in [3.63, 3.8) is 0 Å². The average molecular weight is 385 g/mol. The van der Waals surface area contributed by atoms with Crippen LogP contribution in [-0.4, -0.2) is 28.8 Å². The van der Waals surface area contributed by atoms with E-state index in [1.54, 1.807) is 0 Å². The maximum Gasteiger partial charge on any atom is 0.268 e. The van der Waals surface area contributed by atoms with E-state index in [1.807, 2.05) is 46.8 Å². The molecule has 152 valence electrons. The number of aromatic nitrogens is 1. The van der Waals surface area contributed by atoms with Gasteiger partial charge in [-0.05, 0) is 77.1 Å². The second kappa shape index (κ2) is 9.58. The molecule has 1 heterocycles. The first-order valence-corrected chi connectivity index (χ1v) is 10.0. The van der Waals surface area contributed by atoms with Gasteiger partial charge in [-0.25, -0.2) is 0 Å². The summed E-state index contributed by atoms with van der Waals surface area (Å²) >= 11 is 0.